The van der Waals surface area contributed by atoms with Crippen LogP contribution in [-0.4, -0.2) is 12.5 Å². The molecule has 0 aromatic heterocycles. The van der Waals surface area contributed by atoms with Crippen molar-refractivity contribution in [2.75, 3.05) is 12.3 Å². The number of benzene rings is 2. The predicted octanol–water partition coefficient (Wildman–Crippen LogP) is 4.30. The third-order valence-corrected chi connectivity index (χ3v) is 4.17. The number of nitrogens with one attached hydrogen (secondary N) is 1. The molecule has 0 aliphatic carbocycles. The highest BCUT2D eigenvalue weighted by Gasteiger charge is 2.32. The highest BCUT2D eigenvalue weighted by atomic mass is 19.4. The van der Waals surface area contributed by atoms with Crippen molar-refractivity contribution in [3.63, 3.8) is 0 Å². The fraction of sp³-hybridized carbons (Fsp3) is 0.316. The fourth-order valence-electron chi connectivity index (χ4n) is 2.50. The molecule has 3 nitrogen and oxygen atoms in total. The second kappa shape index (κ2) is 6.78. The summed E-state index contributed by atoms with van der Waals surface area (Å²) in [5.74, 6) is -0.301. The van der Waals surface area contributed by atoms with E-state index in [0.717, 1.165) is 17.7 Å². The first-order valence-electron chi connectivity index (χ1n) is 7.83. The number of rotatable bonds is 4. The average molecular weight is 350 g/mol. The lowest BCUT2D eigenvalue weighted by Gasteiger charge is -2.26. The Hall–Kier alpha value is -2.50. The highest BCUT2D eigenvalue weighted by Crippen LogP contribution is 2.32. The molecular formula is C19H21F3N2O. The molecule has 25 heavy (non-hydrogen) atoms. The van der Waals surface area contributed by atoms with E-state index in [1.807, 2.05) is 0 Å². The van der Waals surface area contributed by atoms with E-state index in [-0.39, 0.29) is 12.5 Å². The second-order valence-corrected chi connectivity index (χ2v) is 6.72. The number of carbonyl (C=O) groups excluding carboxylic acids is 1. The van der Waals surface area contributed by atoms with Gasteiger partial charge in [0.25, 0.3) is 5.91 Å². The molecule has 3 N–H and O–H groups in total. The summed E-state index contributed by atoms with van der Waals surface area (Å²) in [5.41, 5.74) is 6.57. The minimum Gasteiger partial charge on any atom is -0.399 e. The minimum absolute atomic E-state index is 0.196. The third-order valence-electron chi connectivity index (χ3n) is 4.17. The Kier molecular flexibility index (Phi) is 5.11. The van der Waals surface area contributed by atoms with Crippen molar-refractivity contribution in [3.05, 3.63) is 64.7 Å². The zero-order valence-corrected chi connectivity index (χ0v) is 14.4. The molecule has 0 unspecified atom stereocenters. The van der Waals surface area contributed by atoms with Crippen LogP contribution in [0.1, 0.15) is 40.9 Å². The van der Waals surface area contributed by atoms with E-state index in [2.05, 4.69) is 5.32 Å². The predicted molar refractivity (Wildman–Crippen MR) is 92.4 cm³/mol. The molecule has 134 valence electrons. The first-order valence-corrected chi connectivity index (χ1v) is 7.83. The molecule has 0 saturated carbocycles. The molecule has 6 heteroatoms. The summed E-state index contributed by atoms with van der Waals surface area (Å²) in [5, 5.41) is 2.79. The van der Waals surface area contributed by atoms with Crippen molar-refractivity contribution >= 4 is 11.6 Å². The van der Waals surface area contributed by atoms with Crippen molar-refractivity contribution in [3.8, 4) is 0 Å². The SMILES string of the molecule is Cc1ccc(N)cc1C(=O)NCC(C)(C)c1cccc(C(F)(F)F)c1. The lowest BCUT2D eigenvalue weighted by atomic mass is 9.83. The standard InChI is InChI=1S/C19H21F3N2O/c1-12-7-8-15(23)10-16(12)17(25)24-11-18(2,3)13-5-4-6-14(9-13)19(20,21)22/h4-10H,11,23H2,1-3H3,(H,24,25). The maximum atomic E-state index is 12.9. The summed E-state index contributed by atoms with van der Waals surface area (Å²) >= 11 is 0. The summed E-state index contributed by atoms with van der Waals surface area (Å²) in [4.78, 5) is 12.4. The molecule has 0 radical (unpaired) electrons. The van der Waals surface area contributed by atoms with Crippen LogP contribution in [0.4, 0.5) is 18.9 Å². The van der Waals surface area contributed by atoms with Gasteiger partial charge in [0.1, 0.15) is 0 Å². The van der Waals surface area contributed by atoms with Crippen molar-refractivity contribution in [2.45, 2.75) is 32.4 Å². The van der Waals surface area contributed by atoms with E-state index < -0.39 is 17.2 Å². The van der Waals surface area contributed by atoms with Gasteiger partial charge in [0, 0.05) is 23.2 Å². The Morgan fingerprint density at radius 2 is 1.72 bits per heavy atom. The Morgan fingerprint density at radius 3 is 2.36 bits per heavy atom. The van der Waals surface area contributed by atoms with Crippen molar-refractivity contribution in [2.24, 2.45) is 0 Å². The molecule has 0 aliphatic rings. The van der Waals surface area contributed by atoms with E-state index in [0.29, 0.717) is 16.8 Å². The number of nitrogens with two attached hydrogens (primary N) is 1. The fourth-order valence-corrected chi connectivity index (χ4v) is 2.50. The molecule has 2 aromatic rings. The molecule has 1 amide bonds. The Bertz CT molecular complexity index is 782. The van der Waals surface area contributed by atoms with Crippen LogP contribution in [0.25, 0.3) is 0 Å². The van der Waals surface area contributed by atoms with Crippen LogP contribution in [0.15, 0.2) is 42.5 Å². The van der Waals surface area contributed by atoms with Crippen LogP contribution < -0.4 is 11.1 Å². The second-order valence-electron chi connectivity index (χ2n) is 6.72. The first kappa shape index (κ1) is 18.8. The van der Waals surface area contributed by atoms with Gasteiger partial charge < -0.3 is 11.1 Å². The molecular weight excluding hydrogens is 329 g/mol. The number of aryl methyl sites for hydroxylation is 1. The molecule has 0 aliphatic heterocycles. The molecule has 0 atom stereocenters. The van der Waals surface area contributed by atoms with Gasteiger partial charge in [-0.1, -0.05) is 38.1 Å². The van der Waals surface area contributed by atoms with Gasteiger partial charge in [0.05, 0.1) is 5.56 Å². The van der Waals surface area contributed by atoms with Gasteiger partial charge in [-0.05, 0) is 36.2 Å². The number of hydrogen-bond donors (Lipinski definition) is 2. The molecule has 2 rings (SSSR count). The van der Waals surface area contributed by atoms with Crippen LogP contribution in [0.5, 0.6) is 0 Å². The maximum Gasteiger partial charge on any atom is 0.416 e. The molecule has 0 spiro atoms. The smallest absolute Gasteiger partial charge is 0.399 e. The lowest BCUT2D eigenvalue weighted by Crippen LogP contribution is -2.37. The van der Waals surface area contributed by atoms with Crippen LogP contribution in [0, 0.1) is 6.92 Å². The van der Waals surface area contributed by atoms with E-state index >= 15 is 0 Å². The Balaban J connectivity index is 2.16. The van der Waals surface area contributed by atoms with Crippen LogP contribution >= 0.6 is 0 Å². The zero-order chi connectivity index (χ0) is 18.8. The monoisotopic (exact) mass is 350 g/mol. The molecule has 0 bridgehead atoms. The largest absolute Gasteiger partial charge is 0.416 e. The highest BCUT2D eigenvalue weighted by molar-refractivity contribution is 5.96. The molecule has 0 heterocycles. The van der Waals surface area contributed by atoms with Crippen molar-refractivity contribution in [1.29, 1.82) is 0 Å². The van der Waals surface area contributed by atoms with Crippen LogP contribution in [-0.2, 0) is 11.6 Å². The quantitative estimate of drug-likeness (QED) is 0.808. The van der Waals surface area contributed by atoms with Gasteiger partial charge in [0.15, 0.2) is 0 Å². The summed E-state index contributed by atoms with van der Waals surface area (Å²) in [6.07, 6.45) is -4.39. The third kappa shape index (κ3) is 4.53. The topological polar surface area (TPSA) is 55.1 Å². The molecule has 0 saturated heterocycles. The number of carbonyl (C=O) groups is 1. The minimum atomic E-state index is -4.39. The van der Waals surface area contributed by atoms with Crippen molar-refractivity contribution in [1.82, 2.24) is 5.32 Å². The van der Waals surface area contributed by atoms with Crippen LogP contribution in [0.3, 0.4) is 0 Å². The number of alkyl halides is 3. The lowest BCUT2D eigenvalue weighted by molar-refractivity contribution is -0.137. The summed E-state index contributed by atoms with van der Waals surface area (Å²) in [7, 11) is 0. The number of amides is 1. The van der Waals surface area contributed by atoms with Gasteiger partial charge in [-0.3, -0.25) is 4.79 Å². The van der Waals surface area contributed by atoms with E-state index in [4.69, 9.17) is 5.73 Å². The normalized spacial score (nSPS) is 12.1. The Labute approximate surface area is 145 Å². The van der Waals surface area contributed by atoms with E-state index in [1.165, 1.54) is 6.07 Å². The maximum absolute atomic E-state index is 12.9. The number of nitrogen functional groups attached to an aromatic ring is 1. The van der Waals surface area contributed by atoms with Gasteiger partial charge in [-0.2, -0.15) is 13.2 Å². The summed E-state index contributed by atoms with van der Waals surface area (Å²) in [6, 6.07) is 10.2. The number of halogens is 3. The molecule has 0 fully saturated rings. The zero-order valence-electron chi connectivity index (χ0n) is 14.4. The summed E-state index contributed by atoms with van der Waals surface area (Å²) < 4.78 is 38.7. The van der Waals surface area contributed by atoms with Gasteiger partial charge in [-0.15, -0.1) is 0 Å². The molecule has 2 aromatic carbocycles. The number of anilines is 1. The Morgan fingerprint density at radius 1 is 1.08 bits per heavy atom. The average Bonchev–Trinajstić information content (AvgIpc) is 2.54. The van der Waals surface area contributed by atoms with Crippen LogP contribution in [0.2, 0.25) is 0 Å². The van der Waals surface area contributed by atoms with Gasteiger partial charge >= 0.3 is 6.18 Å². The summed E-state index contributed by atoms with van der Waals surface area (Å²) in [6.45, 7) is 5.57. The van der Waals surface area contributed by atoms with Gasteiger partial charge in [-0.25, -0.2) is 0 Å². The van der Waals surface area contributed by atoms with E-state index in [1.54, 1.807) is 45.0 Å². The van der Waals surface area contributed by atoms with E-state index in [9.17, 15) is 18.0 Å². The van der Waals surface area contributed by atoms with Gasteiger partial charge in [0.2, 0.25) is 0 Å². The number of hydrogen-bond acceptors (Lipinski definition) is 2. The first-order chi connectivity index (χ1) is 11.5. The van der Waals surface area contributed by atoms with Crippen molar-refractivity contribution < 1.29 is 18.0 Å².